The van der Waals surface area contributed by atoms with E-state index in [4.69, 9.17) is 4.99 Å². The van der Waals surface area contributed by atoms with Gasteiger partial charge in [-0.3, -0.25) is 9.69 Å². The van der Waals surface area contributed by atoms with Crippen LogP contribution in [-0.4, -0.2) is 26.6 Å². The van der Waals surface area contributed by atoms with Crippen molar-refractivity contribution in [2.24, 2.45) is 4.99 Å². The van der Waals surface area contributed by atoms with Gasteiger partial charge >= 0.3 is 0 Å². The molecule has 34 heavy (non-hydrogen) atoms. The molecular formula is C29H27N3OS. The third kappa shape index (κ3) is 4.44. The van der Waals surface area contributed by atoms with E-state index in [1.807, 2.05) is 56.3 Å². The van der Waals surface area contributed by atoms with Gasteiger partial charge in [-0.1, -0.05) is 66.2 Å². The number of hydrogen-bond donors (Lipinski definition) is 0. The lowest BCUT2D eigenvalue weighted by Crippen LogP contribution is -2.35. The molecule has 0 unspecified atom stereocenters. The number of aliphatic imine (C=N–C) groups is 1. The average Bonchev–Trinajstić information content (AvgIpc) is 3.33. The number of rotatable bonds is 5. The Morgan fingerprint density at radius 2 is 1.65 bits per heavy atom. The van der Waals surface area contributed by atoms with Crippen molar-refractivity contribution >= 4 is 45.5 Å². The van der Waals surface area contributed by atoms with Crippen molar-refractivity contribution in [1.82, 2.24) is 9.47 Å². The van der Waals surface area contributed by atoms with E-state index in [0.29, 0.717) is 4.91 Å². The lowest BCUT2D eigenvalue weighted by molar-refractivity contribution is -0.123. The van der Waals surface area contributed by atoms with Crippen LogP contribution in [0, 0.1) is 6.92 Å². The highest BCUT2D eigenvalue weighted by Crippen LogP contribution is 2.36. The van der Waals surface area contributed by atoms with E-state index >= 15 is 0 Å². The number of fused-ring (bicyclic) bond motifs is 1. The number of thioether (sulfide) groups is 1. The predicted octanol–water partition coefficient (Wildman–Crippen LogP) is 7.01. The molecule has 1 fully saturated rings. The summed E-state index contributed by atoms with van der Waals surface area (Å²) >= 11 is 1.45. The summed E-state index contributed by atoms with van der Waals surface area (Å²) in [6, 6.07) is 26.9. The zero-order chi connectivity index (χ0) is 23.7. The molecule has 5 rings (SSSR count). The Morgan fingerprint density at radius 3 is 2.38 bits per heavy atom. The number of aryl methyl sites for hydroxylation is 1. The van der Waals surface area contributed by atoms with Gasteiger partial charge < -0.3 is 4.57 Å². The Kier molecular flexibility index (Phi) is 6.12. The third-order valence-corrected chi connectivity index (χ3v) is 6.90. The fourth-order valence-corrected chi connectivity index (χ4v) is 5.30. The lowest BCUT2D eigenvalue weighted by Gasteiger charge is -2.19. The summed E-state index contributed by atoms with van der Waals surface area (Å²) < 4.78 is 2.25. The number of hydrogen-bond acceptors (Lipinski definition) is 3. The van der Waals surface area contributed by atoms with E-state index in [-0.39, 0.29) is 11.9 Å². The van der Waals surface area contributed by atoms with Crippen molar-refractivity contribution in [2.45, 2.75) is 33.4 Å². The fourth-order valence-electron chi connectivity index (χ4n) is 4.19. The first-order chi connectivity index (χ1) is 16.5. The van der Waals surface area contributed by atoms with E-state index in [9.17, 15) is 4.79 Å². The molecule has 3 aromatic carbocycles. The van der Waals surface area contributed by atoms with Crippen molar-refractivity contribution in [3.05, 3.63) is 107 Å². The topological polar surface area (TPSA) is 37.6 Å². The van der Waals surface area contributed by atoms with Gasteiger partial charge in [-0.05, 0) is 62.4 Å². The first kappa shape index (κ1) is 22.2. The first-order valence-corrected chi connectivity index (χ1v) is 12.3. The first-order valence-electron chi connectivity index (χ1n) is 11.5. The van der Waals surface area contributed by atoms with Crippen LogP contribution in [0.4, 0.5) is 5.69 Å². The number of carbonyl (C=O) groups is 1. The van der Waals surface area contributed by atoms with Crippen molar-refractivity contribution in [1.29, 1.82) is 0 Å². The molecule has 2 heterocycles. The summed E-state index contributed by atoms with van der Waals surface area (Å²) in [5.41, 5.74) is 5.48. The van der Waals surface area contributed by atoms with Crippen LogP contribution in [0.15, 0.2) is 95.0 Å². The maximum absolute atomic E-state index is 13.4. The SMILES string of the molecule is Cc1ccc(N=C2S/C(=C/c3cn(Cc4ccccc4)c4ccccc34)C(=O)N2C(C)C)cc1. The lowest BCUT2D eigenvalue weighted by atomic mass is 10.1. The van der Waals surface area contributed by atoms with Gasteiger partial charge in [0.2, 0.25) is 0 Å². The van der Waals surface area contributed by atoms with Crippen LogP contribution in [0.25, 0.3) is 17.0 Å². The molecule has 1 amide bonds. The Balaban J connectivity index is 1.53. The summed E-state index contributed by atoms with van der Waals surface area (Å²) in [5.74, 6) is 0.00533. The standard InChI is InChI=1S/C29H27N3OS/c1-20(2)32-28(33)27(34-29(32)30-24-15-13-21(3)14-16-24)17-23-19-31(18-22-9-5-4-6-10-22)26-12-8-7-11-25(23)26/h4-17,19-20H,18H2,1-3H3/b27-17+,30-29?. The van der Waals surface area contributed by atoms with Gasteiger partial charge in [0.05, 0.1) is 10.6 Å². The molecule has 0 N–H and O–H groups in total. The summed E-state index contributed by atoms with van der Waals surface area (Å²) in [6.45, 7) is 6.89. The Hall–Kier alpha value is -3.57. The van der Waals surface area contributed by atoms with Crippen molar-refractivity contribution in [3.63, 3.8) is 0 Å². The van der Waals surface area contributed by atoms with Gasteiger partial charge in [0.25, 0.3) is 5.91 Å². The van der Waals surface area contributed by atoms with Crippen LogP contribution >= 0.6 is 11.8 Å². The summed E-state index contributed by atoms with van der Waals surface area (Å²) in [7, 11) is 0. The highest BCUT2D eigenvalue weighted by atomic mass is 32.2. The van der Waals surface area contributed by atoms with Crippen LogP contribution in [0.5, 0.6) is 0 Å². The molecule has 4 nitrogen and oxygen atoms in total. The smallest absolute Gasteiger partial charge is 0.266 e. The van der Waals surface area contributed by atoms with Gasteiger partial charge in [-0.2, -0.15) is 0 Å². The van der Waals surface area contributed by atoms with Gasteiger partial charge in [0.1, 0.15) is 0 Å². The normalized spacial score (nSPS) is 16.5. The number of nitrogens with zero attached hydrogens (tertiary/aromatic N) is 3. The van der Waals surface area contributed by atoms with Crippen LogP contribution in [-0.2, 0) is 11.3 Å². The van der Waals surface area contributed by atoms with Crippen molar-refractivity contribution in [2.75, 3.05) is 0 Å². The van der Waals surface area contributed by atoms with E-state index in [2.05, 4.69) is 60.2 Å². The molecule has 0 saturated carbocycles. The molecule has 0 spiro atoms. The van der Waals surface area contributed by atoms with Crippen LogP contribution in [0.3, 0.4) is 0 Å². The van der Waals surface area contributed by atoms with Crippen LogP contribution < -0.4 is 0 Å². The molecule has 0 atom stereocenters. The number of benzene rings is 3. The quantitative estimate of drug-likeness (QED) is 0.297. The molecular weight excluding hydrogens is 438 g/mol. The maximum Gasteiger partial charge on any atom is 0.266 e. The van der Waals surface area contributed by atoms with E-state index in [0.717, 1.165) is 33.9 Å². The van der Waals surface area contributed by atoms with Gasteiger partial charge in [-0.25, -0.2) is 4.99 Å². The highest BCUT2D eigenvalue weighted by molar-refractivity contribution is 8.18. The molecule has 1 aliphatic rings. The van der Waals surface area contributed by atoms with Gasteiger partial charge in [0.15, 0.2) is 5.17 Å². The number of para-hydroxylation sites is 1. The molecule has 1 aliphatic heterocycles. The highest BCUT2D eigenvalue weighted by Gasteiger charge is 2.35. The molecule has 0 bridgehead atoms. The predicted molar refractivity (Wildman–Crippen MR) is 143 cm³/mol. The van der Waals surface area contributed by atoms with Crippen molar-refractivity contribution < 1.29 is 4.79 Å². The van der Waals surface area contributed by atoms with E-state index in [1.54, 1.807) is 4.90 Å². The Bertz CT molecular complexity index is 1400. The van der Waals surface area contributed by atoms with Gasteiger partial charge in [-0.15, -0.1) is 0 Å². The summed E-state index contributed by atoms with van der Waals surface area (Å²) in [6.07, 6.45) is 4.16. The molecule has 1 saturated heterocycles. The Labute approximate surface area is 204 Å². The Morgan fingerprint density at radius 1 is 0.941 bits per heavy atom. The summed E-state index contributed by atoms with van der Waals surface area (Å²) in [4.78, 5) is 20.7. The third-order valence-electron chi connectivity index (χ3n) is 5.91. The number of amidine groups is 1. The second kappa shape index (κ2) is 9.35. The minimum absolute atomic E-state index is 0.00533. The largest absolute Gasteiger partial charge is 0.342 e. The number of aromatic nitrogens is 1. The maximum atomic E-state index is 13.4. The average molecular weight is 466 g/mol. The zero-order valence-corrected chi connectivity index (χ0v) is 20.4. The van der Waals surface area contributed by atoms with Crippen LogP contribution in [0.2, 0.25) is 0 Å². The molecule has 0 radical (unpaired) electrons. The van der Waals surface area contributed by atoms with Crippen molar-refractivity contribution in [3.8, 4) is 0 Å². The second-order valence-corrected chi connectivity index (χ2v) is 9.83. The molecule has 170 valence electrons. The van der Waals surface area contributed by atoms with E-state index in [1.165, 1.54) is 22.9 Å². The molecule has 0 aliphatic carbocycles. The van der Waals surface area contributed by atoms with Gasteiger partial charge in [0, 0.05) is 35.2 Å². The molecule has 4 aromatic rings. The number of carbonyl (C=O) groups excluding carboxylic acids is 1. The van der Waals surface area contributed by atoms with E-state index < -0.39 is 0 Å². The monoisotopic (exact) mass is 465 g/mol. The fraction of sp³-hybridized carbons (Fsp3) is 0.172. The van der Waals surface area contributed by atoms with Crippen LogP contribution in [0.1, 0.15) is 30.5 Å². The molecule has 1 aromatic heterocycles. The number of amides is 1. The minimum Gasteiger partial charge on any atom is -0.342 e. The zero-order valence-electron chi connectivity index (χ0n) is 19.6. The second-order valence-electron chi connectivity index (χ2n) is 8.82. The molecule has 5 heteroatoms. The summed E-state index contributed by atoms with van der Waals surface area (Å²) in [5, 5.41) is 1.86. The minimum atomic E-state index is 0.00533.